The third-order valence-electron chi connectivity index (χ3n) is 5.42. The Morgan fingerprint density at radius 2 is 1.75 bits per heavy atom. The highest BCUT2D eigenvalue weighted by molar-refractivity contribution is 5.98. The first-order valence-corrected chi connectivity index (χ1v) is 10.1. The number of hydrogen-bond acceptors (Lipinski definition) is 5. The minimum absolute atomic E-state index is 0.0966. The molecule has 4 rings (SSSR count). The van der Waals surface area contributed by atoms with Gasteiger partial charge in [-0.2, -0.15) is 0 Å². The highest BCUT2D eigenvalue weighted by Crippen LogP contribution is 2.32. The monoisotopic (exact) mass is 381 g/mol. The number of ether oxygens (including phenoxy) is 3. The largest absolute Gasteiger partial charge is 0.494 e. The average molecular weight is 381 g/mol. The van der Waals surface area contributed by atoms with Crippen molar-refractivity contribution >= 4 is 5.78 Å². The van der Waals surface area contributed by atoms with Crippen LogP contribution in [-0.4, -0.2) is 50.1 Å². The summed E-state index contributed by atoms with van der Waals surface area (Å²) >= 11 is 0. The highest BCUT2D eigenvalue weighted by atomic mass is 16.6. The molecule has 0 saturated carbocycles. The van der Waals surface area contributed by atoms with Crippen LogP contribution in [0, 0.1) is 5.92 Å². The Morgan fingerprint density at radius 1 is 1.00 bits per heavy atom. The van der Waals surface area contributed by atoms with Gasteiger partial charge >= 0.3 is 0 Å². The molecule has 0 amide bonds. The number of para-hydroxylation sites is 1. The summed E-state index contributed by atoms with van der Waals surface area (Å²) < 4.78 is 16.9. The number of fused-ring (bicyclic) bond motifs is 1. The van der Waals surface area contributed by atoms with E-state index in [1.807, 2.05) is 48.5 Å². The maximum Gasteiger partial charge on any atom is 0.166 e. The molecule has 0 bridgehead atoms. The number of Topliss-reactive ketones (excluding diaryl/α,β-unsaturated/α-hetero) is 1. The lowest BCUT2D eigenvalue weighted by Crippen LogP contribution is -2.37. The van der Waals surface area contributed by atoms with Gasteiger partial charge < -0.3 is 19.1 Å². The molecule has 2 aromatic rings. The van der Waals surface area contributed by atoms with Gasteiger partial charge in [-0.25, -0.2) is 0 Å². The molecule has 28 heavy (non-hydrogen) atoms. The molecule has 0 unspecified atom stereocenters. The van der Waals surface area contributed by atoms with Crippen LogP contribution in [0.4, 0.5) is 0 Å². The quantitative estimate of drug-likeness (QED) is 0.539. The zero-order valence-electron chi connectivity index (χ0n) is 16.1. The third kappa shape index (κ3) is 4.65. The van der Waals surface area contributed by atoms with Crippen LogP contribution in [0.15, 0.2) is 48.5 Å². The predicted octanol–water partition coefficient (Wildman–Crippen LogP) is 3.82. The summed E-state index contributed by atoms with van der Waals surface area (Å²) in [4.78, 5) is 15.3. The smallest absolute Gasteiger partial charge is 0.166 e. The van der Waals surface area contributed by atoms with Crippen molar-refractivity contribution < 1.29 is 19.0 Å². The lowest BCUT2D eigenvalue weighted by Gasteiger charge is -2.31. The van der Waals surface area contributed by atoms with E-state index in [2.05, 4.69) is 4.90 Å². The van der Waals surface area contributed by atoms with Crippen molar-refractivity contribution in [2.45, 2.75) is 19.3 Å². The number of likely N-dealkylation sites (tertiary alicyclic amines) is 1. The van der Waals surface area contributed by atoms with Crippen LogP contribution < -0.4 is 14.2 Å². The first-order chi connectivity index (χ1) is 13.8. The Bertz CT molecular complexity index is 784. The number of piperidine rings is 1. The molecule has 2 heterocycles. The zero-order chi connectivity index (χ0) is 19.2. The van der Waals surface area contributed by atoms with E-state index < -0.39 is 0 Å². The van der Waals surface area contributed by atoms with Crippen molar-refractivity contribution in [2.75, 3.05) is 39.5 Å². The molecule has 0 aliphatic carbocycles. The molecule has 2 aliphatic rings. The van der Waals surface area contributed by atoms with E-state index in [0.717, 1.165) is 62.6 Å². The average Bonchev–Trinajstić information content (AvgIpc) is 2.77. The summed E-state index contributed by atoms with van der Waals surface area (Å²) in [6.45, 7) is 4.77. The van der Waals surface area contributed by atoms with Gasteiger partial charge in [0.2, 0.25) is 0 Å². The minimum Gasteiger partial charge on any atom is -0.494 e. The molecule has 2 aromatic carbocycles. The summed E-state index contributed by atoms with van der Waals surface area (Å²) in [5.74, 6) is 2.66. The van der Waals surface area contributed by atoms with Crippen molar-refractivity contribution in [3.63, 3.8) is 0 Å². The van der Waals surface area contributed by atoms with Crippen molar-refractivity contribution in [3.8, 4) is 17.2 Å². The SMILES string of the molecule is O=C(c1ccc2c(c1)OCCO2)C1CCN(CCCOc2ccccc2)CC1. The molecule has 1 saturated heterocycles. The van der Waals surface area contributed by atoms with Gasteiger partial charge in [-0.1, -0.05) is 18.2 Å². The Labute approximate surface area is 166 Å². The van der Waals surface area contributed by atoms with E-state index in [1.165, 1.54) is 0 Å². The van der Waals surface area contributed by atoms with Crippen LogP contribution in [0.1, 0.15) is 29.6 Å². The van der Waals surface area contributed by atoms with Crippen molar-refractivity contribution in [3.05, 3.63) is 54.1 Å². The lowest BCUT2D eigenvalue weighted by molar-refractivity contribution is 0.0834. The summed E-state index contributed by atoms with van der Waals surface area (Å²) in [6, 6.07) is 15.5. The maximum atomic E-state index is 12.9. The van der Waals surface area contributed by atoms with Crippen molar-refractivity contribution in [2.24, 2.45) is 5.92 Å². The Hall–Kier alpha value is -2.53. The fourth-order valence-corrected chi connectivity index (χ4v) is 3.85. The van der Waals surface area contributed by atoms with Crippen LogP contribution in [0.3, 0.4) is 0 Å². The van der Waals surface area contributed by atoms with Crippen LogP contribution in [0.25, 0.3) is 0 Å². The number of nitrogens with zero attached hydrogens (tertiary/aromatic N) is 1. The third-order valence-corrected chi connectivity index (χ3v) is 5.42. The molecule has 0 radical (unpaired) electrons. The van der Waals surface area contributed by atoms with Gasteiger partial charge in [-0.15, -0.1) is 0 Å². The van der Waals surface area contributed by atoms with E-state index >= 15 is 0 Å². The summed E-state index contributed by atoms with van der Waals surface area (Å²) in [6.07, 6.45) is 2.81. The zero-order valence-corrected chi connectivity index (χ0v) is 16.1. The molecule has 0 spiro atoms. The van der Waals surface area contributed by atoms with Gasteiger partial charge in [0.25, 0.3) is 0 Å². The maximum absolute atomic E-state index is 12.9. The molecule has 0 aromatic heterocycles. The molecular weight excluding hydrogens is 354 g/mol. The Kier molecular flexibility index (Phi) is 6.12. The fourth-order valence-electron chi connectivity index (χ4n) is 3.85. The number of hydrogen-bond donors (Lipinski definition) is 0. The molecule has 5 heteroatoms. The van der Waals surface area contributed by atoms with Crippen molar-refractivity contribution in [1.82, 2.24) is 4.90 Å². The standard InChI is InChI=1S/C23H27NO4/c25-23(19-7-8-21-22(17-19)28-16-15-27-21)18-9-12-24(13-10-18)11-4-14-26-20-5-2-1-3-6-20/h1-3,5-8,17-18H,4,9-16H2. The number of benzene rings is 2. The number of ketones is 1. The fraction of sp³-hybridized carbons (Fsp3) is 0.435. The molecule has 0 N–H and O–H groups in total. The molecule has 1 fully saturated rings. The molecule has 148 valence electrons. The lowest BCUT2D eigenvalue weighted by atomic mass is 9.88. The van der Waals surface area contributed by atoms with Crippen LogP contribution in [-0.2, 0) is 0 Å². The van der Waals surface area contributed by atoms with Gasteiger partial charge in [0.05, 0.1) is 6.61 Å². The Morgan fingerprint density at radius 3 is 2.54 bits per heavy atom. The van der Waals surface area contributed by atoms with Crippen LogP contribution in [0.5, 0.6) is 17.2 Å². The molecule has 5 nitrogen and oxygen atoms in total. The van der Waals surface area contributed by atoms with Crippen molar-refractivity contribution in [1.29, 1.82) is 0 Å². The van der Waals surface area contributed by atoms with E-state index in [4.69, 9.17) is 14.2 Å². The van der Waals surface area contributed by atoms with Gasteiger partial charge in [0.1, 0.15) is 19.0 Å². The van der Waals surface area contributed by atoms with Gasteiger partial charge in [0.15, 0.2) is 17.3 Å². The predicted molar refractivity (Wildman–Crippen MR) is 107 cm³/mol. The first-order valence-electron chi connectivity index (χ1n) is 10.1. The van der Waals surface area contributed by atoms with Crippen LogP contribution >= 0.6 is 0 Å². The second-order valence-corrected chi connectivity index (χ2v) is 7.35. The number of carbonyl (C=O) groups excluding carboxylic acids is 1. The second kappa shape index (κ2) is 9.11. The van der Waals surface area contributed by atoms with E-state index in [0.29, 0.717) is 19.0 Å². The summed E-state index contributed by atoms with van der Waals surface area (Å²) in [5.41, 5.74) is 0.735. The highest BCUT2D eigenvalue weighted by Gasteiger charge is 2.26. The van der Waals surface area contributed by atoms with Gasteiger partial charge in [-0.3, -0.25) is 4.79 Å². The minimum atomic E-state index is 0.0966. The van der Waals surface area contributed by atoms with E-state index in [-0.39, 0.29) is 11.7 Å². The molecular formula is C23H27NO4. The normalized spacial score (nSPS) is 17.3. The first kappa shape index (κ1) is 18.8. The Balaban J connectivity index is 1.21. The van der Waals surface area contributed by atoms with Crippen LogP contribution in [0.2, 0.25) is 0 Å². The van der Waals surface area contributed by atoms with E-state index in [9.17, 15) is 4.79 Å². The van der Waals surface area contributed by atoms with Gasteiger partial charge in [0, 0.05) is 18.0 Å². The summed E-state index contributed by atoms with van der Waals surface area (Å²) in [7, 11) is 0. The second-order valence-electron chi connectivity index (χ2n) is 7.35. The molecule has 0 atom stereocenters. The number of carbonyl (C=O) groups is 1. The summed E-state index contributed by atoms with van der Waals surface area (Å²) in [5, 5.41) is 0. The van der Waals surface area contributed by atoms with Gasteiger partial charge in [-0.05, 0) is 62.7 Å². The topological polar surface area (TPSA) is 48.0 Å². The molecule has 2 aliphatic heterocycles. The number of rotatable bonds is 7. The van der Waals surface area contributed by atoms with E-state index in [1.54, 1.807) is 0 Å².